The number of nitrogens with zero attached hydrogens (tertiary/aromatic N) is 1. The van der Waals surface area contributed by atoms with Gasteiger partial charge in [0.2, 0.25) is 0 Å². The molecule has 3 nitrogen and oxygen atoms in total. The lowest BCUT2D eigenvalue weighted by Crippen LogP contribution is -2.50. The lowest BCUT2D eigenvalue weighted by molar-refractivity contribution is -0.107. The van der Waals surface area contributed by atoms with Crippen molar-refractivity contribution < 1.29 is 4.79 Å². The van der Waals surface area contributed by atoms with Crippen LogP contribution in [0.2, 0.25) is 0 Å². The van der Waals surface area contributed by atoms with Crippen LogP contribution in [-0.4, -0.2) is 42.0 Å². The Morgan fingerprint density at radius 2 is 2.15 bits per heavy atom. The molecule has 1 saturated heterocycles. The van der Waals surface area contributed by atoms with E-state index in [1.165, 1.54) is 0 Å². The zero-order valence-electron chi connectivity index (χ0n) is 8.38. The molecule has 13 heavy (non-hydrogen) atoms. The third-order valence-corrected chi connectivity index (χ3v) is 3.58. The van der Waals surface area contributed by atoms with Gasteiger partial charge in [0.25, 0.3) is 0 Å². The highest BCUT2D eigenvalue weighted by Crippen LogP contribution is 2.24. The molecular formula is C9H18N2OS. The van der Waals surface area contributed by atoms with Crippen LogP contribution in [0.1, 0.15) is 19.8 Å². The van der Waals surface area contributed by atoms with Gasteiger partial charge in [-0.15, -0.1) is 0 Å². The van der Waals surface area contributed by atoms with Crippen LogP contribution in [0.15, 0.2) is 0 Å². The predicted molar refractivity (Wildman–Crippen MR) is 56.8 cm³/mol. The molecule has 0 unspecified atom stereocenters. The van der Waals surface area contributed by atoms with Gasteiger partial charge in [-0.3, -0.25) is 4.31 Å². The molecule has 1 heterocycles. The van der Waals surface area contributed by atoms with Crippen LogP contribution in [0.4, 0.5) is 0 Å². The fourth-order valence-electron chi connectivity index (χ4n) is 1.63. The fraction of sp³-hybridized carbons (Fsp3) is 0.889. The first-order valence-electron chi connectivity index (χ1n) is 4.68. The van der Waals surface area contributed by atoms with Crippen molar-refractivity contribution in [2.24, 2.45) is 0 Å². The lowest BCUT2D eigenvalue weighted by Gasteiger charge is -2.38. The third-order valence-electron chi connectivity index (χ3n) is 2.70. The van der Waals surface area contributed by atoms with Crippen molar-refractivity contribution in [3.63, 3.8) is 0 Å². The minimum Gasteiger partial charge on any atom is -0.305 e. The highest BCUT2D eigenvalue weighted by molar-refractivity contribution is 7.96. The Balaban J connectivity index is 2.32. The minimum atomic E-state index is 0.174. The van der Waals surface area contributed by atoms with Crippen LogP contribution in [0, 0.1) is 0 Å². The van der Waals surface area contributed by atoms with Crippen LogP contribution in [0.3, 0.4) is 0 Å². The van der Waals surface area contributed by atoms with E-state index in [9.17, 15) is 4.79 Å². The number of carbonyl (C=O) groups excluding carboxylic acids is 1. The summed E-state index contributed by atoms with van der Waals surface area (Å²) >= 11 is 1.81. The van der Waals surface area contributed by atoms with E-state index in [1.54, 1.807) is 11.9 Å². The van der Waals surface area contributed by atoms with Gasteiger partial charge in [0.1, 0.15) is 6.29 Å². The molecule has 76 valence electrons. The molecule has 0 spiro atoms. The van der Waals surface area contributed by atoms with Gasteiger partial charge in [0.15, 0.2) is 0 Å². The summed E-state index contributed by atoms with van der Waals surface area (Å²) in [6.07, 6.45) is 5.30. The van der Waals surface area contributed by atoms with E-state index in [4.69, 9.17) is 0 Å². The van der Waals surface area contributed by atoms with E-state index >= 15 is 0 Å². The van der Waals surface area contributed by atoms with Gasteiger partial charge in [0, 0.05) is 18.6 Å². The smallest absolute Gasteiger partial charge is 0.133 e. The number of hydrogen-bond acceptors (Lipinski definition) is 4. The number of carbonyl (C=O) groups is 1. The number of aldehydes is 1. The molecule has 1 rings (SSSR count). The topological polar surface area (TPSA) is 32.3 Å². The van der Waals surface area contributed by atoms with Crippen LogP contribution < -0.4 is 5.32 Å². The zero-order chi connectivity index (χ0) is 9.73. The second-order valence-corrected chi connectivity index (χ2v) is 4.60. The van der Waals surface area contributed by atoms with Crippen molar-refractivity contribution in [3.05, 3.63) is 0 Å². The molecule has 1 fully saturated rings. The molecule has 0 saturated carbocycles. The summed E-state index contributed by atoms with van der Waals surface area (Å²) in [5.41, 5.74) is 0.174. The van der Waals surface area contributed by atoms with E-state index in [0.717, 1.165) is 32.2 Å². The molecule has 0 radical (unpaired) electrons. The van der Waals surface area contributed by atoms with Gasteiger partial charge in [-0.25, -0.2) is 0 Å². The molecule has 0 aliphatic carbocycles. The van der Waals surface area contributed by atoms with Gasteiger partial charge in [0.05, 0.1) is 6.54 Å². The fourth-order valence-corrected chi connectivity index (χ4v) is 2.17. The van der Waals surface area contributed by atoms with Crippen LogP contribution in [0.25, 0.3) is 0 Å². The maximum Gasteiger partial charge on any atom is 0.133 e. The Morgan fingerprint density at radius 1 is 1.54 bits per heavy atom. The summed E-state index contributed by atoms with van der Waals surface area (Å²) in [6.45, 7) is 4.91. The van der Waals surface area contributed by atoms with Gasteiger partial charge in [-0.2, -0.15) is 0 Å². The Bertz CT molecular complexity index is 167. The number of piperidine rings is 1. The third kappa shape index (κ3) is 3.29. The molecule has 0 atom stereocenters. The normalized spacial score (nSPS) is 22.9. The summed E-state index contributed by atoms with van der Waals surface area (Å²) in [5.74, 6) is 0. The maximum atomic E-state index is 10.2. The van der Waals surface area contributed by atoms with Crippen molar-refractivity contribution in [2.45, 2.75) is 25.3 Å². The summed E-state index contributed by atoms with van der Waals surface area (Å²) < 4.78 is 2.37. The average molecular weight is 202 g/mol. The molecule has 0 aromatic heterocycles. The maximum absolute atomic E-state index is 10.2. The van der Waals surface area contributed by atoms with E-state index in [-0.39, 0.29) is 5.54 Å². The molecule has 0 aromatic carbocycles. The molecular weight excluding hydrogens is 184 g/mol. The van der Waals surface area contributed by atoms with Crippen molar-refractivity contribution >= 4 is 18.2 Å². The summed E-state index contributed by atoms with van der Waals surface area (Å²) in [5, 5.41) is 3.29. The van der Waals surface area contributed by atoms with Gasteiger partial charge in [-0.05, 0) is 26.0 Å². The molecule has 1 aliphatic heterocycles. The number of rotatable bonds is 4. The molecule has 0 amide bonds. The first kappa shape index (κ1) is 11.0. The summed E-state index contributed by atoms with van der Waals surface area (Å²) in [7, 11) is 0. The van der Waals surface area contributed by atoms with Gasteiger partial charge in [-0.1, -0.05) is 11.9 Å². The zero-order valence-corrected chi connectivity index (χ0v) is 9.19. The standard InChI is InChI=1S/C9H18N2OS/c1-9(10-5-8-12)3-6-11(13-2)7-4-9/h8,10H,3-7H2,1-2H3. The molecule has 1 N–H and O–H groups in total. The van der Waals surface area contributed by atoms with Crippen molar-refractivity contribution in [3.8, 4) is 0 Å². The van der Waals surface area contributed by atoms with E-state index in [1.807, 2.05) is 0 Å². The van der Waals surface area contributed by atoms with Gasteiger partial charge < -0.3 is 10.1 Å². The van der Waals surface area contributed by atoms with E-state index < -0.39 is 0 Å². The summed E-state index contributed by atoms with van der Waals surface area (Å²) in [6, 6.07) is 0. The molecule has 0 bridgehead atoms. The number of hydrogen-bond donors (Lipinski definition) is 1. The Kier molecular flexibility index (Phi) is 4.22. The second kappa shape index (κ2) is 4.98. The summed E-state index contributed by atoms with van der Waals surface area (Å²) in [4.78, 5) is 10.2. The van der Waals surface area contributed by atoms with Gasteiger partial charge >= 0.3 is 0 Å². The first-order chi connectivity index (χ1) is 6.20. The highest BCUT2D eigenvalue weighted by Gasteiger charge is 2.28. The largest absolute Gasteiger partial charge is 0.305 e. The van der Waals surface area contributed by atoms with E-state index in [0.29, 0.717) is 6.54 Å². The monoisotopic (exact) mass is 202 g/mol. The highest BCUT2D eigenvalue weighted by atomic mass is 32.2. The van der Waals surface area contributed by atoms with Crippen LogP contribution >= 0.6 is 11.9 Å². The Hall–Kier alpha value is -0.0600. The van der Waals surface area contributed by atoms with Crippen molar-refractivity contribution in [1.82, 2.24) is 9.62 Å². The van der Waals surface area contributed by atoms with Crippen molar-refractivity contribution in [1.29, 1.82) is 0 Å². The molecule has 0 aromatic rings. The Morgan fingerprint density at radius 3 is 2.62 bits per heavy atom. The lowest BCUT2D eigenvalue weighted by atomic mass is 9.91. The SMILES string of the molecule is CSN1CCC(C)(NCC=O)CC1. The molecule has 4 heteroatoms. The number of nitrogens with one attached hydrogen (secondary N) is 1. The first-order valence-corrected chi connectivity index (χ1v) is 5.86. The molecule has 1 aliphatic rings. The average Bonchev–Trinajstić information content (AvgIpc) is 2.16. The predicted octanol–water partition coefficient (Wildman–Crippen LogP) is 0.907. The van der Waals surface area contributed by atoms with Crippen LogP contribution in [0.5, 0.6) is 0 Å². The Labute approximate surface area is 84.4 Å². The van der Waals surface area contributed by atoms with E-state index in [2.05, 4.69) is 22.8 Å². The quantitative estimate of drug-likeness (QED) is 0.542. The second-order valence-electron chi connectivity index (χ2n) is 3.72. The van der Waals surface area contributed by atoms with Crippen molar-refractivity contribution in [2.75, 3.05) is 25.9 Å². The minimum absolute atomic E-state index is 0.174. The van der Waals surface area contributed by atoms with Crippen LogP contribution in [-0.2, 0) is 4.79 Å².